The smallest absolute Gasteiger partial charge is 0.275 e. The van der Waals surface area contributed by atoms with Gasteiger partial charge >= 0.3 is 0 Å². The molecule has 11 heavy (non-hydrogen) atoms. The lowest BCUT2D eigenvalue weighted by atomic mass is 10.0. The maximum Gasteiger partial charge on any atom is 0.275 e. The van der Waals surface area contributed by atoms with E-state index in [0.717, 1.165) is 31.3 Å². The third-order valence-electron chi connectivity index (χ3n) is 2.23. The van der Waals surface area contributed by atoms with Crippen LogP contribution in [0.2, 0.25) is 0 Å². The molecular formula is C9H16O2. The maximum absolute atomic E-state index is 9.33. The number of hydrogen-bond donors (Lipinski definition) is 1. The molecule has 0 fully saturated rings. The SMILES string of the molecule is CCC1=C(O)OC(CC)CC1. The van der Waals surface area contributed by atoms with Gasteiger partial charge < -0.3 is 9.84 Å². The molecule has 0 bridgehead atoms. The Bertz CT molecular complexity index is 161. The van der Waals surface area contributed by atoms with Gasteiger partial charge in [-0.1, -0.05) is 13.8 Å². The molecule has 1 atom stereocenters. The summed E-state index contributed by atoms with van der Waals surface area (Å²) in [5.41, 5.74) is 1.06. The van der Waals surface area contributed by atoms with Crippen molar-refractivity contribution in [1.82, 2.24) is 0 Å². The predicted octanol–water partition coefficient (Wildman–Crippen LogP) is 2.76. The minimum atomic E-state index is 0.186. The van der Waals surface area contributed by atoms with Gasteiger partial charge in [-0.25, -0.2) is 0 Å². The number of rotatable bonds is 2. The van der Waals surface area contributed by atoms with E-state index in [-0.39, 0.29) is 12.0 Å². The minimum Gasteiger partial charge on any atom is -0.481 e. The van der Waals surface area contributed by atoms with Crippen LogP contribution in [0.1, 0.15) is 39.5 Å². The summed E-state index contributed by atoms with van der Waals surface area (Å²) in [5, 5.41) is 9.33. The topological polar surface area (TPSA) is 29.5 Å². The summed E-state index contributed by atoms with van der Waals surface area (Å²) in [5.74, 6) is 0.186. The molecule has 0 amide bonds. The lowest BCUT2D eigenvalue weighted by Gasteiger charge is -2.23. The molecule has 1 unspecified atom stereocenters. The van der Waals surface area contributed by atoms with Crippen LogP contribution in [0, 0.1) is 0 Å². The van der Waals surface area contributed by atoms with Crippen molar-refractivity contribution in [3.05, 3.63) is 11.5 Å². The van der Waals surface area contributed by atoms with Gasteiger partial charge in [0.2, 0.25) is 0 Å². The average Bonchev–Trinajstić information content (AvgIpc) is 2.04. The van der Waals surface area contributed by atoms with Crippen LogP contribution >= 0.6 is 0 Å². The zero-order valence-electron chi connectivity index (χ0n) is 7.26. The van der Waals surface area contributed by atoms with Gasteiger partial charge in [-0.15, -0.1) is 0 Å². The van der Waals surface area contributed by atoms with Gasteiger partial charge in [0.25, 0.3) is 5.95 Å². The van der Waals surface area contributed by atoms with Gasteiger partial charge in [0.15, 0.2) is 0 Å². The van der Waals surface area contributed by atoms with E-state index >= 15 is 0 Å². The molecule has 2 nitrogen and oxygen atoms in total. The molecule has 1 N–H and O–H groups in total. The van der Waals surface area contributed by atoms with Crippen molar-refractivity contribution < 1.29 is 9.84 Å². The maximum atomic E-state index is 9.33. The Hall–Kier alpha value is -0.660. The van der Waals surface area contributed by atoms with Crippen LogP contribution in [-0.4, -0.2) is 11.2 Å². The van der Waals surface area contributed by atoms with E-state index in [1.54, 1.807) is 0 Å². The number of hydrogen-bond acceptors (Lipinski definition) is 2. The molecule has 0 saturated carbocycles. The Balaban J connectivity index is 2.56. The van der Waals surface area contributed by atoms with Crippen molar-refractivity contribution in [1.29, 1.82) is 0 Å². The molecule has 1 heterocycles. The summed E-state index contributed by atoms with van der Waals surface area (Å²) in [7, 11) is 0. The zero-order chi connectivity index (χ0) is 8.27. The van der Waals surface area contributed by atoms with E-state index in [0.29, 0.717) is 0 Å². The first-order valence-electron chi connectivity index (χ1n) is 4.35. The van der Waals surface area contributed by atoms with Crippen molar-refractivity contribution in [3.8, 4) is 0 Å². The number of allylic oxidation sites excluding steroid dienone is 1. The average molecular weight is 156 g/mol. The molecule has 2 heteroatoms. The highest BCUT2D eigenvalue weighted by atomic mass is 16.6. The highest BCUT2D eigenvalue weighted by molar-refractivity contribution is 5.05. The van der Waals surface area contributed by atoms with E-state index in [2.05, 4.69) is 6.92 Å². The number of aliphatic hydroxyl groups is 1. The molecule has 1 rings (SSSR count). The van der Waals surface area contributed by atoms with Gasteiger partial charge in [-0.2, -0.15) is 0 Å². The molecule has 0 aromatic rings. The Morgan fingerprint density at radius 1 is 1.55 bits per heavy atom. The second kappa shape index (κ2) is 3.65. The summed E-state index contributed by atoms with van der Waals surface area (Å²) in [6.07, 6.45) is 4.19. The van der Waals surface area contributed by atoms with Crippen LogP contribution in [0.5, 0.6) is 0 Å². The Morgan fingerprint density at radius 3 is 2.73 bits per heavy atom. The van der Waals surface area contributed by atoms with Crippen molar-refractivity contribution in [2.24, 2.45) is 0 Å². The molecule has 0 spiro atoms. The summed E-state index contributed by atoms with van der Waals surface area (Å²) in [6.45, 7) is 4.12. The van der Waals surface area contributed by atoms with E-state index in [9.17, 15) is 5.11 Å². The summed E-state index contributed by atoms with van der Waals surface area (Å²) in [4.78, 5) is 0. The van der Waals surface area contributed by atoms with Gasteiger partial charge in [-0.3, -0.25) is 0 Å². The summed E-state index contributed by atoms with van der Waals surface area (Å²) >= 11 is 0. The largest absolute Gasteiger partial charge is 0.481 e. The van der Waals surface area contributed by atoms with Crippen LogP contribution in [-0.2, 0) is 4.74 Å². The van der Waals surface area contributed by atoms with Crippen LogP contribution < -0.4 is 0 Å². The lowest BCUT2D eigenvalue weighted by molar-refractivity contribution is 0.00773. The second-order valence-corrected chi connectivity index (χ2v) is 2.95. The molecule has 0 saturated heterocycles. The monoisotopic (exact) mass is 156 g/mol. The van der Waals surface area contributed by atoms with Crippen molar-refractivity contribution in [2.45, 2.75) is 45.6 Å². The minimum absolute atomic E-state index is 0.186. The molecule has 0 aromatic heterocycles. The van der Waals surface area contributed by atoms with Crippen LogP contribution in [0.25, 0.3) is 0 Å². The molecular weight excluding hydrogens is 140 g/mol. The molecule has 1 aliphatic heterocycles. The highest BCUT2D eigenvalue weighted by Gasteiger charge is 2.18. The molecule has 0 aliphatic carbocycles. The first-order chi connectivity index (χ1) is 5.27. The van der Waals surface area contributed by atoms with Crippen LogP contribution in [0.3, 0.4) is 0 Å². The molecule has 0 radical (unpaired) electrons. The summed E-state index contributed by atoms with van der Waals surface area (Å²) in [6, 6.07) is 0. The highest BCUT2D eigenvalue weighted by Crippen LogP contribution is 2.25. The van der Waals surface area contributed by atoms with Crippen LogP contribution in [0.4, 0.5) is 0 Å². The summed E-state index contributed by atoms with van der Waals surface area (Å²) < 4.78 is 5.27. The number of aliphatic hydroxyl groups excluding tert-OH is 1. The first kappa shape index (κ1) is 8.44. The van der Waals surface area contributed by atoms with Crippen LogP contribution in [0.15, 0.2) is 11.5 Å². The van der Waals surface area contributed by atoms with Gasteiger partial charge in [0, 0.05) is 5.57 Å². The van der Waals surface area contributed by atoms with Gasteiger partial charge in [-0.05, 0) is 25.7 Å². The first-order valence-corrected chi connectivity index (χ1v) is 4.35. The third-order valence-corrected chi connectivity index (χ3v) is 2.23. The van der Waals surface area contributed by atoms with Crippen molar-refractivity contribution >= 4 is 0 Å². The Morgan fingerprint density at radius 2 is 2.27 bits per heavy atom. The third kappa shape index (κ3) is 1.88. The molecule has 64 valence electrons. The second-order valence-electron chi connectivity index (χ2n) is 2.95. The fourth-order valence-electron chi connectivity index (χ4n) is 1.36. The quantitative estimate of drug-likeness (QED) is 0.666. The van der Waals surface area contributed by atoms with Gasteiger partial charge in [0.1, 0.15) is 6.10 Å². The zero-order valence-corrected chi connectivity index (χ0v) is 7.26. The predicted molar refractivity (Wildman–Crippen MR) is 44.3 cm³/mol. The molecule has 1 aliphatic rings. The Kier molecular flexibility index (Phi) is 2.80. The fraction of sp³-hybridized carbons (Fsp3) is 0.778. The lowest BCUT2D eigenvalue weighted by Crippen LogP contribution is -2.17. The van der Waals surface area contributed by atoms with E-state index in [4.69, 9.17) is 4.74 Å². The standard InChI is InChI=1S/C9H16O2/c1-3-7-5-6-8(4-2)11-9(7)10/h8,10H,3-6H2,1-2H3. The van der Waals surface area contributed by atoms with Crippen molar-refractivity contribution in [3.63, 3.8) is 0 Å². The Labute approximate surface area is 67.9 Å². The molecule has 0 aromatic carbocycles. The van der Waals surface area contributed by atoms with E-state index < -0.39 is 0 Å². The fourth-order valence-corrected chi connectivity index (χ4v) is 1.36. The number of ether oxygens (including phenoxy) is 1. The van der Waals surface area contributed by atoms with E-state index in [1.165, 1.54) is 0 Å². The van der Waals surface area contributed by atoms with Crippen molar-refractivity contribution in [2.75, 3.05) is 0 Å². The van der Waals surface area contributed by atoms with E-state index in [1.807, 2.05) is 6.92 Å². The van der Waals surface area contributed by atoms with Gasteiger partial charge in [0.05, 0.1) is 0 Å². The normalized spacial score (nSPS) is 25.1.